The molecule has 0 bridgehead atoms. The number of hydrogen-bond donors (Lipinski definition) is 1. The fourth-order valence-electron chi connectivity index (χ4n) is 4.95. The van der Waals surface area contributed by atoms with Crippen molar-refractivity contribution in [3.8, 4) is 0 Å². The first kappa shape index (κ1) is 36.4. The number of para-hydroxylation sites is 2. The first-order chi connectivity index (χ1) is 16.6. The second-order valence-electron chi connectivity index (χ2n) is 10.9. The molecule has 0 spiro atoms. The zero-order chi connectivity index (χ0) is 25.7. The fourth-order valence-corrected chi connectivity index (χ4v) is 4.95. The number of benzene rings is 2. The van der Waals surface area contributed by atoms with Crippen LogP contribution in [0, 0.1) is 5.41 Å². The van der Waals surface area contributed by atoms with Gasteiger partial charge in [-0.2, -0.15) is 18.2 Å². The maximum atomic E-state index is 8.94. The number of nitrogens with zero attached hydrogens (tertiary/aromatic N) is 2. The van der Waals surface area contributed by atoms with Crippen molar-refractivity contribution < 1.29 is 46.5 Å². The summed E-state index contributed by atoms with van der Waals surface area (Å²) in [6.45, 7) is 19.5. The molecule has 1 aliphatic heterocycles. The van der Waals surface area contributed by atoms with Crippen LogP contribution in [0.2, 0.25) is 0 Å². The zero-order valence-corrected chi connectivity index (χ0v) is 27.3. The van der Waals surface area contributed by atoms with Crippen LogP contribution in [0.4, 0.5) is 11.4 Å². The number of anilines is 2. The van der Waals surface area contributed by atoms with E-state index in [1.165, 1.54) is 33.6 Å². The molecule has 3 nitrogen and oxygen atoms in total. The molecule has 0 atom stereocenters. The van der Waals surface area contributed by atoms with E-state index in [1.54, 1.807) is 0 Å². The van der Waals surface area contributed by atoms with Gasteiger partial charge in [-0.05, 0) is 45.9 Å². The van der Waals surface area contributed by atoms with E-state index in [1.807, 2.05) is 30.3 Å². The van der Waals surface area contributed by atoms with Crippen molar-refractivity contribution in [2.45, 2.75) is 79.1 Å². The molecule has 4 rings (SSSR count). The van der Waals surface area contributed by atoms with Gasteiger partial charge in [0.1, 0.15) is 5.84 Å². The van der Waals surface area contributed by atoms with Crippen LogP contribution in [0.3, 0.4) is 0 Å². The Morgan fingerprint density at radius 2 is 1.00 bits per heavy atom. The second-order valence-corrected chi connectivity index (χ2v) is 10.9. The van der Waals surface area contributed by atoms with Crippen molar-refractivity contribution in [2.75, 3.05) is 23.0 Å². The van der Waals surface area contributed by atoms with E-state index in [2.05, 4.69) is 102 Å². The van der Waals surface area contributed by atoms with Crippen LogP contribution in [0.15, 0.2) is 66.7 Å². The predicted octanol–water partition coefficient (Wildman–Crippen LogP) is 2.85. The number of rotatable bonds is 6. The maximum Gasteiger partial charge on any atom is 3.00 e. The molecule has 1 saturated heterocycles. The molecule has 0 amide bonds. The SMILES string of the molecule is CC(C)c1cccc(C(C)C)c1N1CC(=N)N(c2c(C(C)C)cccc2C(C)C)C1.[Cl-].[Cl-].[Ti+3].c1cc[cH-]c1. The van der Waals surface area contributed by atoms with Crippen LogP contribution in [-0.4, -0.2) is 19.0 Å². The van der Waals surface area contributed by atoms with Gasteiger partial charge >= 0.3 is 21.7 Å². The minimum Gasteiger partial charge on any atom is -1.00 e. The summed E-state index contributed by atoms with van der Waals surface area (Å²) in [5, 5.41) is 8.94. The van der Waals surface area contributed by atoms with E-state index in [0.29, 0.717) is 36.1 Å². The summed E-state index contributed by atoms with van der Waals surface area (Å²) >= 11 is 0. The van der Waals surface area contributed by atoms with Crippen molar-refractivity contribution >= 4 is 17.2 Å². The fraction of sp³-hybridized carbons (Fsp3) is 0.438. The summed E-state index contributed by atoms with van der Waals surface area (Å²) in [5.74, 6) is 2.45. The smallest absolute Gasteiger partial charge is 1.00 e. The molecule has 6 heteroatoms. The van der Waals surface area contributed by atoms with Gasteiger partial charge in [-0.1, -0.05) is 91.8 Å². The van der Waals surface area contributed by atoms with Gasteiger partial charge in [0.15, 0.2) is 0 Å². The van der Waals surface area contributed by atoms with Crippen LogP contribution < -0.4 is 34.6 Å². The van der Waals surface area contributed by atoms with E-state index in [4.69, 9.17) is 5.41 Å². The minimum absolute atomic E-state index is 0. The van der Waals surface area contributed by atoms with E-state index < -0.39 is 0 Å². The Morgan fingerprint density at radius 1 is 0.632 bits per heavy atom. The van der Waals surface area contributed by atoms with Gasteiger partial charge in [0.05, 0.1) is 18.9 Å². The summed E-state index contributed by atoms with van der Waals surface area (Å²) in [7, 11) is 0. The molecule has 3 aromatic carbocycles. The zero-order valence-electron chi connectivity index (χ0n) is 24.2. The molecule has 38 heavy (non-hydrogen) atoms. The molecule has 0 unspecified atom stereocenters. The van der Waals surface area contributed by atoms with Crippen molar-refractivity contribution in [1.82, 2.24) is 0 Å². The summed E-state index contributed by atoms with van der Waals surface area (Å²) < 4.78 is 0. The van der Waals surface area contributed by atoms with Crippen LogP contribution >= 0.6 is 0 Å². The standard InChI is InChI=1S/C27H39N3.C5H5.2ClH.Ti/c1-17(2)21-11-9-12-22(18(3)4)26(21)29-15-25(28)30(16-29)27-23(19(5)6)13-10-14-24(27)20(7)8;1-2-4-5-3-1;;;/h9-14,17-20,28H,15-16H2,1-8H3;1-5H;2*1H;/q;-1;;;+3/p-2. The van der Waals surface area contributed by atoms with Gasteiger partial charge < -0.3 is 34.6 Å². The summed E-state index contributed by atoms with van der Waals surface area (Å²) in [6.07, 6.45) is 0. The molecule has 1 N–H and O–H groups in total. The molecular formula is C32H44Cl2N3Ti. The number of nitrogens with one attached hydrogen (secondary N) is 1. The number of halogens is 2. The van der Waals surface area contributed by atoms with E-state index in [-0.39, 0.29) is 46.5 Å². The summed E-state index contributed by atoms with van der Waals surface area (Å²) in [4.78, 5) is 4.68. The van der Waals surface area contributed by atoms with E-state index in [0.717, 1.165) is 6.67 Å². The topological polar surface area (TPSA) is 30.3 Å². The first-order valence-corrected chi connectivity index (χ1v) is 13.2. The van der Waals surface area contributed by atoms with Gasteiger partial charge in [-0.25, -0.2) is 12.1 Å². The number of hydrogen-bond acceptors (Lipinski definition) is 2. The Kier molecular flexibility index (Phi) is 15.7. The predicted molar refractivity (Wildman–Crippen MR) is 154 cm³/mol. The van der Waals surface area contributed by atoms with Gasteiger partial charge in [0, 0.05) is 5.69 Å². The van der Waals surface area contributed by atoms with Gasteiger partial charge in [-0.3, -0.25) is 5.41 Å². The Morgan fingerprint density at radius 3 is 1.32 bits per heavy atom. The minimum atomic E-state index is 0. The van der Waals surface area contributed by atoms with Crippen molar-refractivity contribution in [3.63, 3.8) is 0 Å². The molecule has 205 valence electrons. The molecule has 3 aromatic rings. The third kappa shape index (κ3) is 8.42. The molecule has 1 radical (unpaired) electrons. The van der Waals surface area contributed by atoms with E-state index >= 15 is 0 Å². The molecule has 1 aliphatic rings. The molecular weight excluding hydrogens is 545 g/mol. The van der Waals surface area contributed by atoms with Crippen LogP contribution in [0.5, 0.6) is 0 Å². The third-order valence-electron chi connectivity index (χ3n) is 6.81. The Hall–Kier alpha value is -1.65. The first-order valence-electron chi connectivity index (χ1n) is 13.2. The Labute approximate surface area is 259 Å². The maximum absolute atomic E-state index is 8.94. The quantitative estimate of drug-likeness (QED) is 0.355. The average molecular weight is 589 g/mol. The normalized spacial score (nSPS) is 12.8. The molecule has 1 heterocycles. The van der Waals surface area contributed by atoms with E-state index in [9.17, 15) is 0 Å². The second kappa shape index (κ2) is 16.5. The Bertz CT molecular complexity index is 1040. The monoisotopic (exact) mass is 588 g/mol. The number of amidine groups is 1. The summed E-state index contributed by atoms with van der Waals surface area (Å²) in [6, 6.07) is 23.4. The van der Waals surface area contributed by atoms with Gasteiger partial charge in [-0.15, -0.1) is 0 Å². The van der Waals surface area contributed by atoms with Gasteiger partial charge in [0.25, 0.3) is 0 Å². The largest absolute Gasteiger partial charge is 3.00 e. The van der Waals surface area contributed by atoms with Gasteiger partial charge in [0.2, 0.25) is 0 Å². The summed E-state index contributed by atoms with van der Waals surface area (Å²) in [5.41, 5.74) is 8.04. The van der Waals surface area contributed by atoms with Crippen molar-refractivity contribution in [3.05, 3.63) is 89.0 Å². The van der Waals surface area contributed by atoms with Crippen LogP contribution in [-0.2, 0) is 21.7 Å². The van der Waals surface area contributed by atoms with Crippen molar-refractivity contribution in [2.24, 2.45) is 0 Å². The average Bonchev–Trinajstić information content (AvgIpc) is 3.51. The molecule has 1 fully saturated rings. The van der Waals surface area contributed by atoms with Crippen molar-refractivity contribution in [1.29, 1.82) is 5.41 Å². The Balaban J connectivity index is 0.00000154. The molecule has 0 saturated carbocycles. The molecule has 0 aromatic heterocycles. The molecule has 0 aliphatic carbocycles. The van der Waals surface area contributed by atoms with Crippen LogP contribution in [0.1, 0.15) is 101 Å². The van der Waals surface area contributed by atoms with Crippen LogP contribution in [0.25, 0.3) is 0 Å². The third-order valence-corrected chi connectivity index (χ3v) is 6.81.